The molecule has 1 heterocycles. The predicted molar refractivity (Wildman–Crippen MR) is 92.8 cm³/mol. The van der Waals surface area contributed by atoms with Crippen molar-refractivity contribution in [3.8, 4) is 0 Å². The largest absolute Gasteiger partial charge is 0.339 e. The van der Waals surface area contributed by atoms with Gasteiger partial charge in [0, 0.05) is 51.4 Å². The molecule has 0 radical (unpaired) electrons. The van der Waals surface area contributed by atoms with Crippen molar-refractivity contribution in [3.05, 3.63) is 24.3 Å². The van der Waals surface area contributed by atoms with Crippen LogP contribution < -0.4 is 10.2 Å². The minimum absolute atomic E-state index is 0.0263. The second-order valence-corrected chi connectivity index (χ2v) is 6.02. The van der Waals surface area contributed by atoms with E-state index in [0.717, 1.165) is 13.1 Å². The van der Waals surface area contributed by atoms with E-state index in [4.69, 9.17) is 0 Å². The molecule has 0 aromatic heterocycles. The molecule has 1 aliphatic heterocycles. The maximum Gasteiger partial charge on any atom is 0.242 e. The van der Waals surface area contributed by atoms with E-state index in [1.807, 2.05) is 7.05 Å². The molecule has 7 heteroatoms. The molecule has 0 spiro atoms. The standard InChI is InChI=1S/C17H24N4O3/c1-13(22)18-15-4-6-16(7-5-15)21(14(2)23)12-17(24)20-10-8-19(3)9-11-20/h4-7H,8-12H2,1-3H3,(H,18,22). The summed E-state index contributed by atoms with van der Waals surface area (Å²) in [5.74, 6) is -0.398. The summed E-state index contributed by atoms with van der Waals surface area (Å²) in [6, 6.07) is 6.88. The van der Waals surface area contributed by atoms with Gasteiger partial charge in [-0.3, -0.25) is 14.4 Å². The van der Waals surface area contributed by atoms with Gasteiger partial charge in [0.25, 0.3) is 0 Å². The molecule has 1 N–H and O–H groups in total. The number of benzene rings is 1. The predicted octanol–water partition coefficient (Wildman–Crippen LogP) is 0.772. The van der Waals surface area contributed by atoms with Gasteiger partial charge < -0.3 is 20.0 Å². The van der Waals surface area contributed by atoms with E-state index in [1.54, 1.807) is 29.2 Å². The molecule has 24 heavy (non-hydrogen) atoms. The summed E-state index contributed by atoms with van der Waals surface area (Å²) in [6.07, 6.45) is 0. The highest BCUT2D eigenvalue weighted by Gasteiger charge is 2.23. The summed E-state index contributed by atoms with van der Waals surface area (Å²) in [7, 11) is 2.03. The lowest BCUT2D eigenvalue weighted by atomic mass is 10.2. The Labute approximate surface area is 142 Å². The Morgan fingerprint density at radius 1 is 1.04 bits per heavy atom. The lowest BCUT2D eigenvalue weighted by Crippen LogP contribution is -2.50. The number of piperazine rings is 1. The first-order valence-electron chi connectivity index (χ1n) is 7.99. The Kier molecular flexibility index (Phi) is 5.92. The van der Waals surface area contributed by atoms with Crippen LogP contribution in [0.4, 0.5) is 11.4 Å². The van der Waals surface area contributed by atoms with Crippen LogP contribution in [0.1, 0.15) is 13.8 Å². The fraction of sp³-hybridized carbons (Fsp3) is 0.471. The number of hydrogen-bond acceptors (Lipinski definition) is 4. The van der Waals surface area contributed by atoms with E-state index in [0.29, 0.717) is 24.5 Å². The molecule has 130 valence electrons. The van der Waals surface area contributed by atoms with Gasteiger partial charge >= 0.3 is 0 Å². The van der Waals surface area contributed by atoms with Gasteiger partial charge in [-0.25, -0.2) is 0 Å². The van der Waals surface area contributed by atoms with E-state index < -0.39 is 0 Å². The van der Waals surface area contributed by atoms with E-state index in [2.05, 4.69) is 10.2 Å². The SMILES string of the molecule is CC(=O)Nc1ccc(N(CC(=O)N2CCN(C)CC2)C(C)=O)cc1. The Morgan fingerprint density at radius 2 is 1.62 bits per heavy atom. The third kappa shape index (κ3) is 4.79. The first kappa shape index (κ1) is 17.9. The minimum atomic E-state index is -0.190. The molecule has 3 amide bonds. The van der Waals surface area contributed by atoms with Crippen molar-refractivity contribution in [2.75, 3.05) is 50.0 Å². The zero-order valence-electron chi connectivity index (χ0n) is 14.4. The van der Waals surface area contributed by atoms with E-state index in [-0.39, 0.29) is 24.3 Å². The van der Waals surface area contributed by atoms with Gasteiger partial charge in [0.2, 0.25) is 17.7 Å². The van der Waals surface area contributed by atoms with Crippen LogP contribution in [-0.4, -0.2) is 67.3 Å². The van der Waals surface area contributed by atoms with E-state index in [9.17, 15) is 14.4 Å². The second kappa shape index (κ2) is 7.92. The normalized spacial score (nSPS) is 15.0. The first-order valence-corrected chi connectivity index (χ1v) is 7.99. The second-order valence-electron chi connectivity index (χ2n) is 6.02. The molecule has 0 aliphatic carbocycles. The average molecular weight is 332 g/mol. The molecule has 2 rings (SSSR count). The fourth-order valence-electron chi connectivity index (χ4n) is 2.60. The Hall–Kier alpha value is -2.41. The van der Waals surface area contributed by atoms with Gasteiger partial charge in [0.15, 0.2) is 0 Å². The molecule has 1 fully saturated rings. The van der Waals surface area contributed by atoms with Gasteiger partial charge in [-0.2, -0.15) is 0 Å². The Balaban J connectivity index is 2.05. The van der Waals surface area contributed by atoms with Crippen LogP contribution in [0.3, 0.4) is 0 Å². The molecule has 1 saturated heterocycles. The lowest BCUT2D eigenvalue weighted by Gasteiger charge is -2.33. The smallest absolute Gasteiger partial charge is 0.242 e. The summed E-state index contributed by atoms with van der Waals surface area (Å²) in [6.45, 7) is 5.96. The summed E-state index contributed by atoms with van der Waals surface area (Å²) in [4.78, 5) is 40.9. The third-order valence-corrected chi connectivity index (χ3v) is 4.03. The molecule has 0 saturated carbocycles. The monoisotopic (exact) mass is 332 g/mol. The molecule has 1 aromatic rings. The Morgan fingerprint density at radius 3 is 2.12 bits per heavy atom. The van der Waals surface area contributed by atoms with Gasteiger partial charge in [0.05, 0.1) is 0 Å². The lowest BCUT2D eigenvalue weighted by molar-refractivity contribution is -0.132. The molecule has 0 unspecified atom stereocenters. The first-order chi connectivity index (χ1) is 11.4. The maximum atomic E-state index is 12.5. The minimum Gasteiger partial charge on any atom is -0.339 e. The van der Waals surface area contributed by atoms with Crippen LogP contribution >= 0.6 is 0 Å². The highest BCUT2D eigenvalue weighted by molar-refractivity contribution is 5.98. The van der Waals surface area contributed by atoms with Gasteiger partial charge in [-0.15, -0.1) is 0 Å². The van der Waals surface area contributed by atoms with Crippen molar-refractivity contribution in [3.63, 3.8) is 0 Å². The average Bonchev–Trinajstić information content (AvgIpc) is 2.53. The molecular weight excluding hydrogens is 308 g/mol. The summed E-state index contributed by atoms with van der Waals surface area (Å²) >= 11 is 0. The highest BCUT2D eigenvalue weighted by atomic mass is 16.2. The van der Waals surface area contributed by atoms with E-state index >= 15 is 0 Å². The van der Waals surface area contributed by atoms with Gasteiger partial charge in [-0.05, 0) is 31.3 Å². The Bertz CT molecular complexity index is 607. The summed E-state index contributed by atoms with van der Waals surface area (Å²) in [5, 5.41) is 2.67. The number of anilines is 2. The van der Waals surface area contributed by atoms with Crippen LogP contribution in [0.2, 0.25) is 0 Å². The van der Waals surface area contributed by atoms with Crippen molar-refractivity contribution in [1.29, 1.82) is 0 Å². The van der Waals surface area contributed by atoms with Crippen LogP contribution in [-0.2, 0) is 14.4 Å². The number of amides is 3. The van der Waals surface area contributed by atoms with Crippen LogP contribution in [0.5, 0.6) is 0 Å². The zero-order valence-corrected chi connectivity index (χ0v) is 14.4. The van der Waals surface area contributed by atoms with Crippen molar-refractivity contribution in [2.24, 2.45) is 0 Å². The van der Waals surface area contributed by atoms with Crippen molar-refractivity contribution in [1.82, 2.24) is 9.80 Å². The molecule has 0 bridgehead atoms. The van der Waals surface area contributed by atoms with Crippen LogP contribution in [0.25, 0.3) is 0 Å². The number of hydrogen-bond donors (Lipinski definition) is 1. The van der Waals surface area contributed by atoms with Crippen LogP contribution in [0.15, 0.2) is 24.3 Å². The van der Waals surface area contributed by atoms with Crippen molar-refractivity contribution >= 4 is 29.1 Å². The van der Waals surface area contributed by atoms with Crippen molar-refractivity contribution < 1.29 is 14.4 Å². The number of carbonyl (C=O) groups is 3. The molecule has 0 atom stereocenters. The fourth-order valence-corrected chi connectivity index (χ4v) is 2.60. The van der Waals surface area contributed by atoms with Crippen LogP contribution in [0, 0.1) is 0 Å². The number of nitrogens with one attached hydrogen (secondary N) is 1. The molecule has 1 aliphatic rings. The zero-order chi connectivity index (χ0) is 17.7. The van der Waals surface area contributed by atoms with Crippen molar-refractivity contribution in [2.45, 2.75) is 13.8 Å². The number of rotatable bonds is 4. The number of nitrogens with zero attached hydrogens (tertiary/aromatic N) is 3. The van der Waals surface area contributed by atoms with Gasteiger partial charge in [0.1, 0.15) is 6.54 Å². The summed E-state index contributed by atoms with van der Waals surface area (Å²) < 4.78 is 0. The highest BCUT2D eigenvalue weighted by Crippen LogP contribution is 2.18. The molecule has 7 nitrogen and oxygen atoms in total. The van der Waals surface area contributed by atoms with Gasteiger partial charge in [-0.1, -0.05) is 0 Å². The third-order valence-electron chi connectivity index (χ3n) is 4.03. The number of carbonyl (C=O) groups excluding carboxylic acids is 3. The topological polar surface area (TPSA) is 73.0 Å². The summed E-state index contributed by atoms with van der Waals surface area (Å²) in [5.41, 5.74) is 1.29. The quantitative estimate of drug-likeness (QED) is 0.884. The molecular formula is C17H24N4O3. The van der Waals surface area contributed by atoms with E-state index in [1.165, 1.54) is 18.7 Å². The maximum absolute atomic E-state index is 12.5. The number of likely N-dealkylation sites (N-methyl/N-ethyl adjacent to an activating group) is 1. The molecule has 1 aromatic carbocycles.